The SMILES string of the molecule is COc1ccc(CNCc2c(C(=O)O)n(Cc3ccccc3F)c3cc(C)ccc23)cc1. The van der Waals surface area contributed by atoms with Crippen LogP contribution >= 0.6 is 0 Å². The van der Waals surface area contributed by atoms with Crippen LogP contribution in [-0.2, 0) is 19.6 Å². The molecule has 0 saturated carbocycles. The van der Waals surface area contributed by atoms with Gasteiger partial charge in [-0.25, -0.2) is 9.18 Å². The topological polar surface area (TPSA) is 63.5 Å². The number of nitrogens with one attached hydrogen (secondary N) is 1. The molecular weight excluding hydrogens is 407 g/mol. The van der Waals surface area contributed by atoms with Gasteiger partial charge in [0.25, 0.3) is 0 Å². The largest absolute Gasteiger partial charge is 0.497 e. The molecule has 164 valence electrons. The number of aromatic nitrogens is 1. The van der Waals surface area contributed by atoms with Crippen LogP contribution in [0.3, 0.4) is 0 Å². The van der Waals surface area contributed by atoms with Gasteiger partial charge in [-0.3, -0.25) is 0 Å². The first kappa shape index (κ1) is 21.6. The molecular formula is C26H25FN2O3. The molecule has 1 heterocycles. The van der Waals surface area contributed by atoms with Crippen molar-refractivity contribution in [3.05, 3.63) is 100 Å². The smallest absolute Gasteiger partial charge is 0.352 e. The van der Waals surface area contributed by atoms with Gasteiger partial charge in [0.05, 0.1) is 13.7 Å². The highest BCUT2D eigenvalue weighted by atomic mass is 19.1. The first-order chi connectivity index (χ1) is 15.5. The summed E-state index contributed by atoms with van der Waals surface area (Å²) >= 11 is 0. The number of carboxylic acids is 1. The number of nitrogens with zero attached hydrogens (tertiary/aromatic N) is 1. The molecule has 2 N–H and O–H groups in total. The van der Waals surface area contributed by atoms with Crippen LogP contribution in [0.2, 0.25) is 0 Å². The van der Waals surface area contributed by atoms with Crippen LogP contribution in [0.25, 0.3) is 10.9 Å². The van der Waals surface area contributed by atoms with E-state index < -0.39 is 5.97 Å². The third-order valence-electron chi connectivity index (χ3n) is 5.60. The molecule has 6 heteroatoms. The molecule has 3 aromatic carbocycles. The number of methoxy groups -OCH3 is 1. The molecule has 1 aromatic heterocycles. The van der Waals surface area contributed by atoms with E-state index in [0.29, 0.717) is 24.2 Å². The molecule has 0 atom stereocenters. The van der Waals surface area contributed by atoms with Gasteiger partial charge in [-0.15, -0.1) is 0 Å². The summed E-state index contributed by atoms with van der Waals surface area (Å²) in [6.07, 6.45) is 0. The molecule has 4 aromatic rings. The molecule has 0 aliphatic rings. The van der Waals surface area contributed by atoms with Gasteiger partial charge in [-0.05, 0) is 42.3 Å². The van der Waals surface area contributed by atoms with Crippen molar-refractivity contribution >= 4 is 16.9 Å². The van der Waals surface area contributed by atoms with E-state index in [1.54, 1.807) is 29.9 Å². The van der Waals surface area contributed by atoms with Gasteiger partial charge in [-0.1, -0.05) is 42.5 Å². The second-order valence-electron chi connectivity index (χ2n) is 7.78. The maximum atomic E-state index is 14.4. The minimum atomic E-state index is -1.03. The molecule has 0 spiro atoms. The highest BCUT2D eigenvalue weighted by Crippen LogP contribution is 2.29. The van der Waals surface area contributed by atoms with Crippen LogP contribution in [0.5, 0.6) is 5.75 Å². The van der Waals surface area contributed by atoms with Crippen LogP contribution in [0, 0.1) is 12.7 Å². The van der Waals surface area contributed by atoms with Gasteiger partial charge in [0, 0.05) is 35.1 Å². The summed E-state index contributed by atoms with van der Waals surface area (Å²) in [5.41, 5.74) is 4.18. The number of halogens is 1. The Morgan fingerprint density at radius 1 is 1.06 bits per heavy atom. The third kappa shape index (κ3) is 4.36. The summed E-state index contributed by atoms with van der Waals surface area (Å²) in [6.45, 7) is 3.06. The number of fused-ring (bicyclic) bond motifs is 1. The van der Waals surface area contributed by atoms with E-state index in [-0.39, 0.29) is 18.1 Å². The van der Waals surface area contributed by atoms with E-state index in [1.165, 1.54) is 6.07 Å². The van der Waals surface area contributed by atoms with Crippen molar-refractivity contribution in [2.24, 2.45) is 0 Å². The zero-order valence-corrected chi connectivity index (χ0v) is 18.1. The number of hydrogen-bond acceptors (Lipinski definition) is 3. The number of hydrogen-bond donors (Lipinski definition) is 2. The summed E-state index contributed by atoms with van der Waals surface area (Å²) in [6, 6.07) is 20.0. The zero-order valence-electron chi connectivity index (χ0n) is 18.1. The van der Waals surface area contributed by atoms with Crippen LogP contribution in [0.1, 0.15) is 32.7 Å². The standard InChI is InChI=1S/C26H25FN2O3/c1-17-7-12-21-22(15-28-14-18-8-10-20(32-2)11-9-18)25(26(30)31)29(24(21)13-17)16-19-5-3-4-6-23(19)27/h3-13,28H,14-16H2,1-2H3,(H,30,31). The van der Waals surface area contributed by atoms with Crippen molar-refractivity contribution in [1.29, 1.82) is 0 Å². The highest BCUT2D eigenvalue weighted by molar-refractivity contribution is 5.98. The van der Waals surface area contributed by atoms with Crippen molar-refractivity contribution in [1.82, 2.24) is 9.88 Å². The fraction of sp³-hybridized carbons (Fsp3) is 0.192. The van der Waals surface area contributed by atoms with E-state index in [1.807, 2.05) is 49.4 Å². The number of rotatable bonds is 8. The zero-order chi connectivity index (χ0) is 22.7. The molecule has 0 aliphatic carbocycles. The monoisotopic (exact) mass is 432 g/mol. The fourth-order valence-corrected chi connectivity index (χ4v) is 3.99. The Morgan fingerprint density at radius 2 is 1.81 bits per heavy atom. The molecule has 0 amide bonds. The Labute approximate surface area is 186 Å². The molecule has 0 radical (unpaired) electrons. The summed E-state index contributed by atoms with van der Waals surface area (Å²) < 4.78 is 21.2. The fourth-order valence-electron chi connectivity index (χ4n) is 3.99. The van der Waals surface area contributed by atoms with Gasteiger partial charge in [0.2, 0.25) is 0 Å². The van der Waals surface area contributed by atoms with Gasteiger partial charge in [-0.2, -0.15) is 0 Å². The molecule has 4 rings (SSSR count). The molecule has 0 bridgehead atoms. The Hall–Kier alpha value is -3.64. The first-order valence-corrected chi connectivity index (χ1v) is 10.4. The quantitative estimate of drug-likeness (QED) is 0.405. The number of carboxylic acid groups (broad SMARTS) is 1. The Kier molecular flexibility index (Phi) is 6.23. The van der Waals surface area contributed by atoms with E-state index in [9.17, 15) is 14.3 Å². The van der Waals surface area contributed by atoms with Gasteiger partial charge < -0.3 is 19.7 Å². The van der Waals surface area contributed by atoms with E-state index in [0.717, 1.165) is 27.8 Å². The second kappa shape index (κ2) is 9.24. The average Bonchev–Trinajstić information content (AvgIpc) is 3.08. The van der Waals surface area contributed by atoms with Crippen LogP contribution in [0.4, 0.5) is 4.39 Å². The summed E-state index contributed by atoms with van der Waals surface area (Å²) in [5, 5.41) is 14.3. The number of carbonyl (C=O) groups is 1. The summed E-state index contributed by atoms with van der Waals surface area (Å²) in [7, 11) is 1.62. The van der Waals surface area contributed by atoms with E-state index in [4.69, 9.17) is 4.74 Å². The lowest BCUT2D eigenvalue weighted by molar-refractivity contribution is 0.0684. The van der Waals surface area contributed by atoms with Crippen LogP contribution < -0.4 is 10.1 Å². The molecule has 5 nitrogen and oxygen atoms in total. The number of benzene rings is 3. The predicted molar refractivity (Wildman–Crippen MR) is 123 cm³/mol. The minimum absolute atomic E-state index is 0.146. The first-order valence-electron chi connectivity index (χ1n) is 10.4. The van der Waals surface area contributed by atoms with E-state index >= 15 is 0 Å². The molecule has 0 fully saturated rings. The number of aryl methyl sites for hydroxylation is 1. The number of aromatic carboxylic acids is 1. The van der Waals surface area contributed by atoms with Crippen molar-refractivity contribution in [3.63, 3.8) is 0 Å². The van der Waals surface area contributed by atoms with Gasteiger partial charge in [0.1, 0.15) is 17.3 Å². The van der Waals surface area contributed by atoms with Crippen molar-refractivity contribution < 1.29 is 19.0 Å². The lowest BCUT2D eigenvalue weighted by Crippen LogP contribution is -2.17. The third-order valence-corrected chi connectivity index (χ3v) is 5.60. The molecule has 0 saturated heterocycles. The van der Waals surface area contributed by atoms with E-state index in [2.05, 4.69) is 5.32 Å². The summed E-state index contributed by atoms with van der Waals surface area (Å²) in [4.78, 5) is 12.3. The van der Waals surface area contributed by atoms with Crippen LogP contribution in [0.15, 0.2) is 66.7 Å². The average molecular weight is 432 g/mol. The Bertz CT molecular complexity index is 1260. The normalized spacial score (nSPS) is 11.1. The number of ether oxygens (including phenoxy) is 1. The predicted octanol–water partition coefficient (Wildman–Crippen LogP) is 5.13. The van der Waals surface area contributed by atoms with Crippen molar-refractivity contribution in [3.8, 4) is 5.75 Å². The lowest BCUT2D eigenvalue weighted by atomic mass is 10.1. The Balaban J connectivity index is 1.70. The maximum Gasteiger partial charge on any atom is 0.352 e. The second-order valence-corrected chi connectivity index (χ2v) is 7.78. The lowest BCUT2D eigenvalue weighted by Gasteiger charge is -2.11. The van der Waals surface area contributed by atoms with Crippen molar-refractivity contribution in [2.45, 2.75) is 26.6 Å². The highest BCUT2D eigenvalue weighted by Gasteiger charge is 2.23. The minimum Gasteiger partial charge on any atom is -0.497 e. The van der Waals surface area contributed by atoms with Crippen molar-refractivity contribution in [2.75, 3.05) is 7.11 Å². The Morgan fingerprint density at radius 3 is 2.50 bits per heavy atom. The maximum absolute atomic E-state index is 14.4. The van der Waals surface area contributed by atoms with Gasteiger partial charge >= 0.3 is 5.97 Å². The van der Waals surface area contributed by atoms with Crippen LogP contribution in [-0.4, -0.2) is 22.8 Å². The molecule has 32 heavy (non-hydrogen) atoms. The summed E-state index contributed by atoms with van der Waals surface area (Å²) in [5.74, 6) is -0.595. The molecule has 0 aliphatic heterocycles. The van der Waals surface area contributed by atoms with Gasteiger partial charge in [0.15, 0.2) is 0 Å². The molecule has 0 unspecified atom stereocenters.